The maximum atomic E-state index is 11.2. The monoisotopic (exact) mass is 220 g/mol. The lowest BCUT2D eigenvalue weighted by atomic mass is 9.88. The fraction of sp³-hybridized carbons (Fsp3) is 1.00. The van der Waals surface area contributed by atoms with E-state index in [9.17, 15) is 8.42 Å². The Bertz CT molecular complexity index is 292. The number of nitrogens with zero attached hydrogens (tertiary/aromatic N) is 1. The predicted octanol–water partition coefficient (Wildman–Crippen LogP) is 1.09. The van der Waals surface area contributed by atoms with Crippen LogP contribution in [0.3, 0.4) is 0 Å². The Morgan fingerprint density at radius 3 is 2.43 bits per heavy atom. The maximum absolute atomic E-state index is 11.2. The molecule has 0 spiro atoms. The van der Waals surface area contributed by atoms with Gasteiger partial charge in [0.15, 0.2) is 0 Å². The zero-order chi connectivity index (χ0) is 11.0. The third-order valence-electron chi connectivity index (χ3n) is 2.50. The van der Waals surface area contributed by atoms with Crippen LogP contribution >= 0.6 is 0 Å². The standard InChI is InChI=1S/C9H20N2O2S/c1-9(2,3)7-8-5-4-6-11(8)14(10,12)13/h8H,4-7H2,1-3H3,(H2,10,12,13)/t8-/m1/s1. The van der Waals surface area contributed by atoms with Crippen LogP contribution in [-0.4, -0.2) is 25.3 Å². The third-order valence-corrected chi connectivity index (χ3v) is 3.63. The second-order valence-electron chi connectivity index (χ2n) is 5.22. The second-order valence-corrected chi connectivity index (χ2v) is 6.72. The lowest BCUT2D eigenvalue weighted by molar-refractivity contribution is 0.267. The van der Waals surface area contributed by atoms with Crippen molar-refractivity contribution in [1.29, 1.82) is 0 Å². The smallest absolute Gasteiger partial charge is 0.216 e. The number of rotatable bonds is 2. The van der Waals surface area contributed by atoms with Crippen LogP contribution in [0.4, 0.5) is 0 Å². The highest BCUT2D eigenvalue weighted by Crippen LogP contribution is 2.30. The summed E-state index contributed by atoms with van der Waals surface area (Å²) in [5, 5.41) is 5.15. The minimum atomic E-state index is -3.49. The Morgan fingerprint density at radius 1 is 1.43 bits per heavy atom. The van der Waals surface area contributed by atoms with Gasteiger partial charge in [-0.3, -0.25) is 0 Å². The molecule has 0 unspecified atom stereocenters. The van der Waals surface area contributed by atoms with Gasteiger partial charge in [0.1, 0.15) is 0 Å². The van der Waals surface area contributed by atoms with Crippen molar-refractivity contribution >= 4 is 10.2 Å². The second kappa shape index (κ2) is 3.79. The SMILES string of the molecule is CC(C)(C)C[C@H]1CCCN1S(N)(=O)=O. The van der Waals surface area contributed by atoms with E-state index in [1.54, 1.807) is 0 Å². The molecule has 84 valence electrons. The molecule has 0 radical (unpaired) electrons. The Hall–Kier alpha value is -0.130. The molecule has 2 N–H and O–H groups in total. The van der Waals surface area contributed by atoms with Crippen molar-refractivity contribution < 1.29 is 8.42 Å². The van der Waals surface area contributed by atoms with Crippen LogP contribution in [0.5, 0.6) is 0 Å². The summed E-state index contributed by atoms with van der Waals surface area (Å²) >= 11 is 0. The highest BCUT2D eigenvalue weighted by Gasteiger charge is 2.34. The van der Waals surface area contributed by atoms with Crippen LogP contribution in [0.15, 0.2) is 0 Å². The van der Waals surface area contributed by atoms with Crippen LogP contribution in [0, 0.1) is 5.41 Å². The Kier molecular flexibility index (Phi) is 3.23. The fourth-order valence-corrected chi connectivity index (χ4v) is 3.03. The molecule has 4 nitrogen and oxygen atoms in total. The molecular formula is C9H20N2O2S. The molecule has 1 heterocycles. The summed E-state index contributed by atoms with van der Waals surface area (Å²) in [5.74, 6) is 0. The van der Waals surface area contributed by atoms with Gasteiger partial charge in [-0.2, -0.15) is 12.7 Å². The highest BCUT2D eigenvalue weighted by molar-refractivity contribution is 7.86. The van der Waals surface area contributed by atoms with E-state index in [1.807, 2.05) is 0 Å². The van der Waals surface area contributed by atoms with E-state index in [0.717, 1.165) is 19.3 Å². The zero-order valence-electron chi connectivity index (χ0n) is 9.16. The highest BCUT2D eigenvalue weighted by atomic mass is 32.2. The third kappa shape index (κ3) is 3.22. The maximum Gasteiger partial charge on any atom is 0.277 e. The van der Waals surface area contributed by atoms with Crippen molar-refractivity contribution in [2.24, 2.45) is 10.6 Å². The Morgan fingerprint density at radius 2 is 2.00 bits per heavy atom. The molecule has 1 aliphatic rings. The molecular weight excluding hydrogens is 200 g/mol. The van der Waals surface area contributed by atoms with Crippen molar-refractivity contribution in [3.63, 3.8) is 0 Å². The van der Waals surface area contributed by atoms with E-state index < -0.39 is 10.2 Å². The molecule has 1 saturated heterocycles. The molecule has 14 heavy (non-hydrogen) atoms. The summed E-state index contributed by atoms with van der Waals surface area (Å²) in [5.41, 5.74) is 0.151. The van der Waals surface area contributed by atoms with Crippen LogP contribution in [-0.2, 0) is 10.2 Å². The van der Waals surface area contributed by atoms with E-state index in [1.165, 1.54) is 4.31 Å². The molecule has 5 heteroatoms. The Balaban J connectivity index is 2.71. The molecule has 0 aromatic carbocycles. The molecule has 0 aromatic heterocycles. The predicted molar refractivity (Wildman–Crippen MR) is 56.9 cm³/mol. The summed E-state index contributed by atoms with van der Waals surface area (Å²) in [6, 6.07) is 0.102. The average molecular weight is 220 g/mol. The van der Waals surface area contributed by atoms with Gasteiger partial charge >= 0.3 is 0 Å². The first kappa shape index (κ1) is 11.9. The molecule has 1 fully saturated rings. The van der Waals surface area contributed by atoms with Gasteiger partial charge < -0.3 is 0 Å². The lowest BCUT2D eigenvalue weighted by Gasteiger charge is -2.28. The summed E-state index contributed by atoms with van der Waals surface area (Å²) in [4.78, 5) is 0. The fourth-order valence-electron chi connectivity index (χ4n) is 2.06. The minimum absolute atomic E-state index is 0.102. The number of nitrogens with two attached hydrogens (primary N) is 1. The van der Waals surface area contributed by atoms with E-state index in [4.69, 9.17) is 5.14 Å². The molecule has 1 rings (SSSR count). The molecule has 1 atom stereocenters. The van der Waals surface area contributed by atoms with E-state index in [2.05, 4.69) is 20.8 Å². The first-order chi connectivity index (χ1) is 6.20. The Labute approximate surface area is 86.6 Å². The summed E-state index contributed by atoms with van der Waals surface area (Å²) < 4.78 is 23.9. The minimum Gasteiger partial charge on any atom is -0.216 e. The van der Waals surface area contributed by atoms with Gasteiger partial charge in [-0.15, -0.1) is 0 Å². The van der Waals surface area contributed by atoms with Crippen molar-refractivity contribution in [3.05, 3.63) is 0 Å². The van der Waals surface area contributed by atoms with Crippen LogP contribution < -0.4 is 5.14 Å². The first-order valence-corrected chi connectivity index (χ1v) is 6.50. The average Bonchev–Trinajstić information content (AvgIpc) is 2.29. The molecule has 0 amide bonds. The first-order valence-electron chi connectivity index (χ1n) is 5.00. The van der Waals surface area contributed by atoms with Gasteiger partial charge in [0, 0.05) is 12.6 Å². The topological polar surface area (TPSA) is 63.4 Å². The lowest BCUT2D eigenvalue weighted by Crippen LogP contribution is -2.41. The van der Waals surface area contributed by atoms with E-state index >= 15 is 0 Å². The molecule has 0 aliphatic carbocycles. The summed E-state index contributed by atoms with van der Waals surface area (Å²) in [6.45, 7) is 6.94. The van der Waals surface area contributed by atoms with Gasteiger partial charge in [0.05, 0.1) is 0 Å². The van der Waals surface area contributed by atoms with Crippen LogP contribution in [0.1, 0.15) is 40.0 Å². The van der Waals surface area contributed by atoms with E-state index in [0.29, 0.717) is 6.54 Å². The summed E-state index contributed by atoms with van der Waals surface area (Å²) in [7, 11) is -3.49. The van der Waals surface area contributed by atoms with Crippen molar-refractivity contribution in [3.8, 4) is 0 Å². The molecule has 1 aliphatic heterocycles. The normalized spacial score (nSPS) is 25.6. The van der Waals surface area contributed by atoms with Gasteiger partial charge in [0.2, 0.25) is 0 Å². The van der Waals surface area contributed by atoms with Crippen LogP contribution in [0.2, 0.25) is 0 Å². The zero-order valence-corrected chi connectivity index (χ0v) is 9.97. The van der Waals surface area contributed by atoms with Crippen molar-refractivity contribution in [1.82, 2.24) is 4.31 Å². The van der Waals surface area contributed by atoms with Gasteiger partial charge in [-0.25, -0.2) is 5.14 Å². The van der Waals surface area contributed by atoms with Crippen molar-refractivity contribution in [2.75, 3.05) is 6.54 Å². The van der Waals surface area contributed by atoms with Gasteiger partial charge in [-0.05, 0) is 24.7 Å². The molecule has 0 aromatic rings. The van der Waals surface area contributed by atoms with Gasteiger partial charge in [0.25, 0.3) is 10.2 Å². The quantitative estimate of drug-likeness (QED) is 0.757. The number of hydrogen-bond acceptors (Lipinski definition) is 2. The molecule has 0 bridgehead atoms. The van der Waals surface area contributed by atoms with E-state index in [-0.39, 0.29) is 11.5 Å². The molecule has 0 saturated carbocycles. The van der Waals surface area contributed by atoms with Gasteiger partial charge in [-0.1, -0.05) is 20.8 Å². The number of hydrogen-bond donors (Lipinski definition) is 1. The largest absolute Gasteiger partial charge is 0.277 e. The summed E-state index contributed by atoms with van der Waals surface area (Å²) in [6.07, 6.45) is 2.74. The van der Waals surface area contributed by atoms with Crippen molar-refractivity contribution in [2.45, 2.75) is 46.1 Å². The van der Waals surface area contributed by atoms with Crippen LogP contribution in [0.25, 0.3) is 0 Å².